The average molecular weight is 257 g/mol. The molecule has 1 atom stereocenters. The van der Waals surface area contributed by atoms with Gasteiger partial charge in [-0.25, -0.2) is 0 Å². The second-order valence-electron chi connectivity index (χ2n) is 4.77. The first-order valence-electron chi connectivity index (χ1n) is 6.23. The SMILES string of the molecule is Cc1noc(NC(=O)C2Cc3ccccc3N2)c1C. The van der Waals surface area contributed by atoms with Crippen molar-refractivity contribution in [2.45, 2.75) is 26.3 Å². The first kappa shape index (κ1) is 11.8. The number of benzene rings is 1. The summed E-state index contributed by atoms with van der Waals surface area (Å²) in [4.78, 5) is 12.2. The molecule has 1 unspecified atom stereocenters. The van der Waals surface area contributed by atoms with Gasteiger partial charge >= 0.3 is 0 Å². The average Bonchev–Trinajstić information content (AvgIpc) is 2.97. The van der Waals surface area contributed by atoms with Gasteiger partial charge in [-0.1, -0.05) is 23.4 Å². The molecule has 0 aliphatic carbocycles. The van der Waals surface area contributed by atoms with Crippen LogP contribution in [0, 0.1) is 13.8 Å². The predicted molar refractivity (Wildman–Crippen MR) is 72.2 cm³/mol. The third-order valence-electron chi connectivity index (χ3n) is 3.48. The molecule has 1 amide bonds. The van der Waals surface area contributed by atoms with E-state index in [1.54, 1.807) is 0 Å². The van der Waals surface area contributed by atoms with Crippen molar-refractivity contribution in [1.29, 1.82) is 0 Å². The molecule has 98 valence electrons. The summed E-state index contributed by atoms with van der Waals surface area (Å²) in [6, 6.07) is 7.68. The molecule has 0 saturated heterocycles. The molecule has 0 radical (unpaired) electrons. The number of nitrogens with zero attached hydrogens (tertiary/aromatic N) is 1. The van der Waals surface area contributed by atoms with E-state index in [-0.39, 0.29) is 11.9 Å². The quantitative estimate of drug-likeness (QED) is 0.866. The molecule has 0 fully saturated rings. The molecule has 5 heteroatoms. The molecular weight excluding hydrogens is 242 g/mol. The van der Waals surface area contributed by atoms with Gasteiger partial charge in [0.15, 0.2) is 0 Å². The highest BCUT2D eigenvalue weighted by molar-refractivity contribution is 5.97. The van der Waals surface area contributed by atoms with E-state index in [0.29, 0.717) is 12.3 Å². The monoisotopic (exact) mass is 257 g/mol. The highest BCUT2D eigenvalue weighted by Crippen LogP contribution is 2.26. The van der Waals surface area contributed by atoms with Crippen molar-refractivity contribution >= 4 is 17.5 Å². The molecule has 2 N–H and O–H groups in total. The molecule has 0 spiro atoms. The van der Waals surface area contributed by atoms with Crippen LogP contribution in [0.1, 0.15) is 16.8 Å². The number of anilines is 2. The number of fused-ring (bicyclic) bond motifs is 1. The van der Waals surface area contributed by atoms with Crippen LogP contribution in [-0.2, 0) is 11.2 Å². The molecule has 0 saturated carbocycles. The number of hydrogen-bond acceptors (Lipinski definition) is 4. The van der Waals surface area contributed by atoms with Gasteiger partial charge in [0, 0.05) is 17.7 Å². The summed E-state index contributed by atoms with van der Waals surface area (Å²) < 4.78 is 5.09. The van der Waals surface area contributed by atoms with Gasteiger partial charge < -0.3 is 9.84 Å². The van der Waals surface area contributed by atoms with Crippen molar-refractivity contribution in [2.75, 3.05) is 10.6 Å². The molecular formula is C14H15N3O2. The van der Waals surface area contributed by atoms with E-state index in [0.717, 1.165) is 22.5 Å². The van der Waals surface area contributed by atoms with Crippen LogP contribution in [0.3, 0.4) is 0 Å². The number of carbonyl (C=O) groups excluding carboxylic acids is 1. The third-order valence-corrected chi connectivity index (χ3v) is 3.48. The zero-order valence-electron chi connectivity index (χ0n) is 10.9. The van der Waals surface area contributed by atoms with Crippen LogP contribution in [0.4, 0.5) is 11.6 Å². The Kier molecular flexibility index (Phi) is 2.74. The molecule has 0 bridgehead atoms. The van der Waals surface area contributed by atoms with Crippen molar-refractivity contribution in [3.63, 3.8) is 0 Å². The Morgan fingerprint density at radius 2 is 2.21 bits per heavy atom. The fourth-order valence-corrected chi connectivity index (χ4v) is 2.19. The van der Waals surface area contributed by atoms with Crippen LogP contribution in [0.15, 0.2) is 28.8 Å². The Balaban J connectivity index is 1.72. The zero-order valence-corrected chi connectivity index (χ0v) is 10.9. The van der Waals surface area contributed by atoms with E-state index < -0.39 is 0 Å². The Labute approximate surface area is 111 Å². The maximum absolute atomic E-state index is 12.2. The lowest BCUT2D eigenvalue weighted by molar-refractivity contribution is -0.116. The van der Waals surface area contributed by atoms with Crippen molar-refractivity contribution in [3.05, 3.63) is 41.1 Å². The van der Waals surface area contributed by atoms with Crippen LogP contribution in [-0.4, -0.2) is 17.1 Å². The molecule has 19 heavy (non-hydrogen) atoms. The smallest absolute Gasteiger partial charge is 0.249 e. The Bertz CT molecular complexity index is 608. The van der Waals surface area contributed by atoms with Crippen molar-refractivity contribution < 1.29 is 9.32 Å². The lowest BCUT2D eigenvalue weighted by Gasteiger charge is -2.10. The van der Waals surface area contributed by atoms with Crippen LogP contribution < -0.4 is 10.6 Å². The minimum atomic E-state index is -0.262. The van der Waals surface area contributed by atoms with Crippen LogP contribution >= 0.6 is 0 Å². The van der Waals surface area contributed by atoms with Crippen molar-refractivity contribution in [1.82, 2.24) is 5.16 Å². The van der Waals surface area contributed by atoms with Gasteiger partial charge in [0.1, 0.15) is 6.04 Å². The molecule has 2 aromatic rings. The second kappa shape index (κ2) is 4.42. The molecule has 1 aliphatic rings. The Morgan fingerprint density at radius 3 is 2.89 bits per heavy atom. The van der Waals surface area contributed by atoms with Gasteiger partial charge in [-0.15, -0.1) is 0 Å². The number of rotatable bonds is 2. The first-order valence-corrected chi connectivity index (χ1v) is 6.23. The van der Waals surface area contributed by atoms with E-state index in [9.17, 15) is 4.79 Å². The van der Waals surface area contributed by atoms with E-state index in [1.807, 2.05) is 38.1 Å². The number of para-hydroxylation sites is 1. The summed E-state index contributed by atoms with van der Waals surface area (Å²) in [6.45, 7) is 3.72. The highest BCUT2D eigenvalue weighted by atomic mass is 16.5. The summed E-state index contributed by atoms with van der Waals surface area (Å²) in [6.07, 6.45) is 0.689. The highest BCUT2D eigenvalue weighted by Gasteiger charge is 2.27. The number of carbonyl (C=O) groups is 1. The maximum atomic E-state index is 12.2. The number of aryl methyl sites for hydroxylation is 1. The van der Waals surface area contributed by atoms with Gasteiger partial charge in [0.05, 0.1) is 5.69 Å². The third kappa shape index (κ3) is 2.07. The standard InChI is InChI=1S/C14H15N3O2/c1-8-9(2)17-19-14(8)16-13(18)12-7-10-5-3-4-6-11(10)15-12/h3-6,12,15H,7H2,1-2H3,(H,16,18). The van der Waals surface area contributed by atoms with Crippen molar-refractivity contribution in [3.8, 4) is 0 Å². The molecule has 1 aliphatic heterocycles. The lowest BCUT2D eigenvalue weighted by Crippen LogP contribution is -2.32. The fraction of sp³-hybridized carbons (Fsp3) is 0.286. The molecule has 5 nitrogen and oxygen atoms in total. The van der Waals surface area contributed by atoms with Crippen LogP contribution in [0.5, 0.6) is 0 Å². The second-order valence-corrected chi connectivity index (χ2v) is 4.77. The normalized spacial score (nSPS) is 16.8. The maximum Gasteiger partial charge on any atom is 0.249 e. The number of aromatic nitrogens is 1. The number of nitrogens with one attached hydrogen (secondary N) is 2. The number of amides is 1. The van der Waals surface area contributed by atoms with E-state index in [1.165, 1.54) is 0 Å². The summed E-state index contributed by atoms with van der Waals surface area (Å²) in [5, 5.41) is 9.81. The van der Waals surface area contributed by atoms with Crippen LogP contribution in [0.25, 0.3) is 0 Å². The summed E-state index contributed by atoms with van der Waals surface area (Å²) in [5.41, 5.74) is 3.84. The molecule has 2 heterocycles. The lowest BCUT2D eigenvalue weighted by atomic mass is 10.1. The summed E-state index contributed by atoms with van der Waals surface area (Å²) >= 11 is 0. The first-order chi connectivity index (χ1) is 9.15. The summed E-state index contributed by atoms with van der Waals surface area (Å²) in [5.74, 6) is 0.329. The number of hydrogen-bond donors (Lipinski definition) is 2. The minimum Gasteiger partial charge on any atom is -0.373 e. The molecule has 1 aromatic heterocycles. The van der Waals surface area contributed by atoms with E-state index >= 15 is 0 Å². The molecule has 1 aromatic carbocycles. The minimum absolute atomic E-state index is 0.101. The zero-order chi connectivity index (χ0) is 13.4. The Hall–Kier alpha value is -2.30. The fourth-order valence-electron chi connectivity index (χ4n) is 2.19. The largest absolute Gasteiger partial charge is 0.373 e. The van der Waals surface area contributed by atoms with E-state index in [4.69, 9.17) is 4.52 Å². The topological polar surface area (TPSA) is 67.2 Å². The predicted octanol–water partition coefficient (Wildman–Crippen LogP) is 2.27. The van der Waals surface area contributed by atoms with Gasteiger partial charge in [0.25, 0.3) is 0 Å². The molecule has 3 rings (SSSR count). The van der Waals surface area contributed by atoms with Gasteiger partial charge in [0.2, 0.25) is 11.8 Å². The summed E-state index contributed by atoms with van der Waals surface area (Å²) in [7, 11) is 0. The van der Waals surface area contributed by atoms with Gasteiger partial charge in [-0.05, 0) is 25.5 Å². The Morgan fingerprint density at radius 1 is 1.42 bits per heavy atom. The van der Waals surface area contributed by atoms with Gasteiger partial charge in [-0.3, -0.25) is 10.1 Å². The van der Waals surface area contributed by atoms with Crippen molar-refractivity contribution in [2.24, 2.45) is 0 Å². The van der Waals surface area contributed by atoms with Gasteiger partial charge in [-0.2, -0.15) is 0 Å². The van der Waals surface area contributed by atoms with E-state index in [2.05, 4.69) is 15.8 Å². The van der Waals surface area contributed by atoms with Crippen LogP contribution in [0.2, 0.25) is 0 Å².